The highest BCUT2D eigenvalue weighted by Crippen LogP contribution is 2.49. The summed E-state index contributed by atoms with van der Waals surface area (Å²) in [6, 6.07) is 10.3. The van der Waals surface area contributed by atoms with Crippen molar-refractivity contribution in [3.63, 3.8) is 0 Å². The van der Waals surface area contributed by atoms with Crippen LogP contribution in [0.15, 0.2) is 36.7 Å². The number of likely N-dealkylation sites (tertiary alicyclic amines) is 1. The van der Waals surface area contributed by atoms with Gasteiger partial charge in [-0.05, 0) is 49.4 Å². The summed E-state index contributed by atoms with van der Waals surface area (Å²) in [6.07, 6.45) is 5.87. The summed E-state index contributed by atoms with van der Waals surface area (Å²) < 4.78 is 5.64. The lowest BCUT2D eigenvalue weighted by atomic mass is 9.80. The first-order valence-electron chi connectivity index (χ1n) is 11.5. The Morgan fingerprint density at radius 1 is 1.32 bits per heavy atom. The van der Waals surface area contributed by atoms with Crippen LogP contribution in [-0.4, -0.2) is 51.7 Å². The predicted molar refractivity (Wildman–Crippen MR) is 130 cm³/mol. The van der Waals surface area contributed by atoms with Crippen LogP contribution in [0.2, 0.25) is 0 Å². The molecule has 1 atom stereocenters. The van der Waals surface area contributed by atoms with Gasteiger partial charge in [-0.2, -0.15) is 5.26 Å². The van der Waals surface area contributed by atoms with Crippen molar-refractivity contribution in [1.29, 1.82) is 5.26 Å². The van der Waals surface area contributed by atoms with Crippen molar-refractivity contribution in [2.75, 3.05) is 19.7 Å². The number of nitrogens with zero attached hydrogens (tertiary/aromatic N) is 4. The minimum Gasteiger partial charge on any atom is -0.474 e. The Morgan fingerprint density at radius 3 is 2.94 bits per heavy atom. The molecule has 1 fully saturated rings. The number of nitriles is 1. The highest BCUT2D eigenvalue weighted by Gasteiger charge is 2.48. The van der Waals surface area contributed by atoms with Crippen molar-refractivity contribution >= 4 is 17.2 Å². The first-order chi connectivity index (χ1) is 16.4. The zero-order valence-electron chi connectivity index (χ0n) is 19.2. The summed E-state index contributed by atoms with van der Waals surface area (Å²) >= 11 is 1.57. The van der Waals surface area contributed by atoms with E-state index in [1.807, 2.05) is 20.0 Å². The number of fused-ring (bicyclic) bond motifs is 2. The van der Waals surface area contributed by atoms with Gasteiger partial charge in [0.1, 0.15) is 16.6 Å². The summed E-state index contributed by atoms with van der Waals surface area (Å²) in [6.45, 7) is 4.86. The van der Waals surface area contributed by atoms with Crippen LogP contribution < -0.4 is 4.74 Å². The second kappa shape index (κ2) is 8.82. The molecule has 1 N–H and O–H groups in total. The maximum Gasteiger partial charge on any atom is 0.231 e. The fourth-order valence-electron chi connectivity index (χ4n) is 5.16. The third kappa shape index (κ3) is 3.85. The molecule has 1 spiro atoms. The second-order valence-corrected chi connectivity index (χ2v) is 10.2. The Hall–Kier alpha value is -3.28. The standard InChI is InChI=1S/C26H26N4O3S/c1-16(2)33-24-17(12-27)10-18(13-28-24)25-29-14-22(34-25)20-4-3-5-21-19(20)6-7-26(21)11-23(32)30(15-26)8-9-31/h3-5,10,13-14,16,31H,6-9,11,15H2,1-2H3. The van der Waals surface area contributed by atoms with E-state index in [2.05, 4.69) is 34.2 Å². The number of carbonyl (C=O) groups is 1. The number of pyridine rings is 1. The monoisotopic (exact) mass is 474 g/mol. The Balaban J connectivity index is 1.46. The molecule has 34 heavy (non-hydrogen) atoms. The first kappa shape index (κ1) is 22.5. The number of benzene rings is 1. The molecule has 174 valence electrons. The summed E-state index contributed by atoms with van der Waals surface area (Å²) in [5.41, 5.74) is 4.70. The minimum absolute atomic E-state index is 0.00863. The van der Waals surface area contributed by atoms with Crippen molar-refractivity contribution in [2.45, 2.75) is 44.6 Å². The van der Waals surface area contributed by atoms with Gasteiger partial charge >= 0.3 is 0 Å². The van der Waals surface area contributed by atoms with Gasteiger partial charge in [-0.1, -0.05) is 18.2 Å². The fourth-order valence-corrected chi connectivity index (χ4v) is 6.11. The van der Waals surface area contributed by atoms with Crippen LogP contribution in [0.4, 0.5) is 0 Å². The molecule has 2 aromatic heterocycles. The van der Waals surface area contributed by atoms with Crippen LogP contribution >= 0.6 is 11.3 Å². The molecular formula is C26H26N4O3S. The summed E-state index contributed by atoms with van der Waals surface area (Å²) in [7, 11) is 0. The lowest BCUT2D eigenvalue weighted by Gasteiger charge is -2.25. The molecule has 0 saturated carbocycles. The van der Waals surface area contributed by atoms with E-state index in [4.69, 9.17) is 4.74 Å². The van der Waals surface area contributed by atoms with Crippen molar-refractivity contribution in [1.82, 2.24) is 14.9 Å². The maximum absolute atomic E-state index is 12.6. The molecule has 1 saturated heterocycles. The molecule has 5 rings (SSSR count). The van der Waals surface area contributed by atoms with Crippen LogP contribution in [0.25, 0.3) is 21.0 Å². The van der Waals surface area contributed by atoms with Gasteiger partial charge in [0, 0.05) is 42.9 Å². The van der Waals surface area contributed by atoms with E-state index in [9.17, 15) is 15.2 Å². The number of aliphatic hydroxyl groups is 1. The van der Waals surface area contributed by atoms with E-state index in [0.717, 1.165) is 33.9 Å². The SMILES string of the molecule is CC(C)Oc1ncc(-c2ncc(-c3cccc4c3CCC43CC(=O)N(CCO)C3)s2)cc1C#N. The lowest BCUT2D eigenvalue weighted by molar-refractivity contribution is -0.128. The van der Waals surface area contributed by atoms with Crippen LogP contribution in [0.1, 0.15) is 43.4 Å². The molecule has 1 aliphatic heterocycles. The van der Waals surface area contributed by atoms with Gasteiger partial charge in [-0.25, -0.2) is 9.97 Å². The highest BCUT2D eigenvalue weighted by molar-refractivity contribution is 7.18. The number of β-amino-alcohol motifs (C(OH)–C–C–N with tert-alkyl or cyclic N) is 1. The number of ether oxygens (including phenoxy) is 1. The third-order valence-electron chi connectivity index (χ3n) is 6.64. The molecule has 1 aromatic carbocycles. The Morgan fingerprint density at radius 2 is 2.18 bits per heavy atom. The molecule has 2 aliphatic rings. The molecule has 3 heterocycles. The van der Waals surface area contributed by atoms with Gasteiger partial charge in [-0.3, -0.25) is 4.79 Å². The van der Waals surface area contributed by atoms with Crippen molar-refractivity contribution in [2.24, 2.45) is 0 Å². The Bertz CT molecular complexity index is 1300. The van der Waals surface area contributed by atoms with E-state index in [-0.39, 0.29) is 24.0 Å². The largest absolute Gasteiger partial charge is 0.474 e. The zero-order valence-corrected chi connectivity index (χ0v) is 20.1. The number of hydrogen-bond donors (Lipinski definition) is 1. The minimum atomic E-state index is -0.164. The molecule has 7 nitrogen and oxygen atoms in total. The van der Waals surface area contributed by atoms with Crippen LogP contribution in [0, 0.1) is 11.3 Å². The van der Waals surface area contributed by atoms with Crippen molar-refractivity contribution < 1.29 is 14.6 Å². The number of aliphatic hydroxyl groups excluding tert-OH is 1. The van der Waals surface area contributed by atoms with Gasteiger partial charge in [0.2, 0.25) is 11.8 Å². The summed E-state index contributed by atoms with van der Waals surface area (Å²) in [5, 5.41) is 19.6. The van der Waals surface area contributed by atoms with Gasteiger partial charge in [0.15, 0.2) is 0 Å². The average molecular weight is 475 g/mol. The first-order valence-corrected chi connectivity index (χ1v) is 12.3. The maximum atomic E-state index is 12.6. The normalized spacial score (nSPS) is 19.1. The lowest BCUT2D eigenvalue weighted by Crippen LogP contribution is -2.32. The highest BCUT2D eigenvalue weighted by atomic mass is 32.1. The smallest absolute Gasteiger partial charge is 0.231 e. The topological polar surface area (TPSA) is 99.3 Å². The van der Waals surface area contributed by atoms with E-state index < -0.39 is 0 Å². The van der Waals surface area contributed by atoms with Gasteiger partial charge in [-0.15, -0.1) is 11.3 Å². The molecule has 3 aromatic rings. The third-order valence-corrected chi connectivity index (χ3v) is 7.72. The van der Waals surface area contributed by atoms with E-state index in [0.29, 0.717) is 31.0 Å². The average Bonchev–Trinajstić information content (AvgIpc) is 3.52. The number of aromatic nitrogens is 2. The molecular weight excluding hydrogens is 448 g/mol. The van der Waals surface area contributed by atoms with Gasteiger partial charge < -0.3 is 14.7 Å². The number of thiazole rings is 1. The van der Waals surface area contributed by atoms with E-state index in [1.165, 1.54) is 11.1 Å². The molecule has 0 radical (unpaired) electrons. The summed E-state index contributed by atoms with van der Waals surface area (Å²) in [5.74, 6) is 0.462. The Kier molecular flexibility index (Phi) is 5.84. The van der Waals surface area contributed by atoms with Gasteiger partial charge in [0.25, 0.3) is 0 Å². The van der Waals surface area contributed by atoms with E-state index >= 15 is 0 Å². The molecule has 8 heteroatoms. The van der Waals surface area contributed by atoms with Gasteiger partial charge in [0.05, 0.1) is 17.6 Å². The summed E-state index contributed by atoms with van der Waals surface area (Å²) in [4.78, 5) is 24.4. The van der Waals surface area contributed by atoms with Crippen LogP contribution in [-0.2, 0) is 16.6 Å². The predicted octanol–water partition coefficient (Wildman–Crippen LogP) is 3.94. The number of rotatable bonds is 6. The number of amides is 1. The molecule has 1 amide bonds. The van der Waals surface area contributed by atoms with E-state index in [1.54, 1.807) is 28.5 Å². The second-order valence-electron chi connectivity index (χ2n) is 9.21. The van der Waals surface area contributed by atoms with Crippen LogP contribution in [0.5, 0.6) is 5.88 Å². The van der Waals surface area contributed by atoms with Crippen molar-refractivity contribution in [3.05, 3.63) is 53.3 Å². The number of carbonyl (C=O) groups excluding carboxylic acids is 1. The Labute approximate surface area is 202 Å². The quantitative estimate of drug-likeness (QED) is 0.581. The fraction of sp³-hybridized carbons (Fsp3) is 0.385. The van der Waals surface area contributed by atoms with Crippen molar-refractivity contribution in [3.8, 4) is 33.0 Å². The zero-order chi connectivity index (χ0) is 23.9. The molecule has 1 aliphatic carbocycles. The van der Waals surface area contributed by atoms with Crippen LogP contribution in [0.3, 0.4) is 0 Å². The molecule has 1 unspecified atom stereocenters. The molecule has 0 bridgehead atoms. The number of hydrogen-bond acceptors (Lipinski definition) is 7.